The van der Waals surface area contributed by atoms with Crippen LogP contribution in [0.3, 0.4) is 0 Å². The summed E-state index contributed by atoms with van der Waals surface area (Å²) >= 11 is 0. The molecule has 0 heterocycles. The maximum Gasteiger partial charge on any atom is 0.0637 e. The Kier molecular flexibility index (Phi) is 6.89. The summed E-state index contributed by atoms with van der Waals surface area (Å²) in [6, 6.07) is 9.54. The fourth-order valence-electron chi connectivity index (χ4n) is 2.47. The average molecular weight is 264 g/mol. The first kappa shape index (κ1) is 16.0. The van der Waals surface area contributed by atoms with Gasteiger partial charge in [-0.15, -0.1) is 0 Å². The SMILES string of the molecule is CCC(NC)c1ccccc1N(CCOC)C(C)C. The third kappa shape index (κ3) is 4.22. The van der Waals surface area contributed by atoms with Crippen molar-refractivity contribution in [3.63, 3.8) is 0 Å². The van der Waals surface area contributed by atoms with Crippen LogP contribution in [0.15, 0.2) is 24.3 Å². The summed E-state index contributed by atoms with van der Waals surface area (Å²) in [5.41, 5.74) is 2.69. The van der Waals surface area contributed by atoms with Crippen molar-refractivity contribution < 1.29 is 4.74 Å². The van der Waals surface area contributed by atoms with Crippen LogP contribution in [0.4, 0.5) is 5.69 Å². The zero-order valence-electron chi connectivity index (χ0n) is 12.9. The summed E-state index contributed by atoms with van der Waals surface area (Å²) in [7, 11) is 3.78. The molecular formula is C16H28N2O. The Bertz CT molecular complexity index is 362. The number of hydrogen-bond acceptors (Lipinski definition) is 3. The number of hydrogen-bond donors (Lipinski definition) is 1. The molecule has 3 nitrogen and oxygen atoms in total. The summed E-state index contributed by atoms with van der Waals surface area (Å²) in [5, 5.41) is 3.40. The quantitative estimate of drug-likeness (QED) is 0.780. The number of nitrogens with one attached hydrogen (secondary N) is 1. The van der Waals surface area contributed by atoms with Gasteiger partial charge in [0, 0.05) is 31.4 Å². The molecule has 1 unspecified atom stereocenters. The van der Waals surface area contributed by atoms with Crippen molar-refractivity contribution in [2.75, 3.05) is 32.2 Å². The normalized spacial score (nSPS) is 12.7. The Morgan fingerprint density at radius 3 is 2.47 bits per heavy atom. The molecule has 0 fully saturated rings. The first-order valence-corrected chi connectivity index (χ1v) is 7.17. The second-order valence-corrected chi connectivity index (χ2v) is 5.09. The fraction of sp³-hybridized carbons (Fsp3) is 0.625. The minimum Gasteiger partial charge on any atom is -0.383 e. The van der Waals surface area contributed by atoms with E-state index in [0.717, 1.165) is 19.6 Å². The lowest BCUT2D eigenvalue weighted by Gasteiger charge is -2.32. The van der Waals surface area contributed by atoms with Crippen molar-refractivity contribution in [3.8, 4) is 0 Å². The van der Waals surface area contributed by atoms with E-state index in [-0.39, 0.29) is 0 Å². The van der Waals surface area contributed by atoms with Crippen molar-refractivity contribution in [2.24, 2.45) is 0 Å². The van der Waals surface area contributed by atoms with Crippen LogP contribution in [0.2, 0.25) is 0 Å². The standard InChI is InChI=1S/C16H28N2O/c1-6-15(17-4)14-9-7-8-10-16(14)18(13(2)3)11-12-19-5/h7-10,13,15,17H,6,11-12H2,1-5H3. The van der Waals surface area contributed by atoms with Crippen molar-refractivity contribution >= 4 is 5.69 Å². The third-order valence-electron chi connectivity index (χ3n) is 3.54. The number of benzene rings is 1. The molecule has 19 heavy (non-hydrogen) atoms. The molecule has 0 saturated carbocycles. The fourth-order valence-corrected chi connectivity index (χ4v) is 2.47. The van der Waals surface area contributed by atoms with E-state index in [0.29, 0.717) is 12.1 Å². The van der Waals surface area contributed by atoms with Crippen LogP contribution in [-0.4, -0.2) is 33.4 Å². The summed E-state index contributed by atoms with van der Waals surface area (Å²) < 4.78 is 5.24. The molecule has 0 aromatic heterocycles. The van der Waals surface area contributed by atoms with E-state index < -0.39 is 0 Å². The highest BCUT2D eigenvalue weighted by molar-refractivity contribution is 5.55. The average Bonchev–Trinajstić information content (AvgIpc) is 2.41. The van der Waals surface area contributed by atoms with E-state index >= 15 is 0 Å². The molecule has 0 amide bonds. The van der Waals surface area contributed by atoms with E-state index in [1.807, 2.05) is 7.05 Å². The van der Waals surface area contributed by atoms with Gasteiger partial charge in [0.1, 0.15) is 0 Å². The van der Waals surface area contributed by atoms with Gasteiger partial charge in [0.25, 0.3) is 0 Å². The summed E-state index contributed by atoms with van der Waals surface area (Å²) in [5.74, 6) is 0. The first-order chi connectivity index (χ1) is 9.15. The van der Waals surface area contributed by atoms with Gasteiger partial charge in [-0.1, -0.05) is 25.1 Å². The van der Waals surface area contributed by atoms with Gasteiger partial charge in [-0.25, -0.2) is 0 Å². The molecule has 1 N–H and O–H groups in total. The van der Waals surface area contributed by atoms with Gasteiger partial charge in [0.15, 0.2) is 0 Å². The van der Waals surface area contributed by atoms with Crippen LogP contribution in [0, 0.1) is 0 Å². The molecule has 0 saturated heterocycles. The Morgan fingerprint density at radius 1 is 1.26 bits per heavy atom. The van der Waals surface area contributed by atoms with E-state index in [2.05, 4.69) is 55.3 Å². The van der Waals surface area contributed by atoms with Crippen molar-refractivity contribution in [2.45, 2.75) is 39.3 Å². The van der Waals surface area contributed by atoms with Crippen LogP contribution in [-0.2, 0) is 4.74 Å². The van der Waals surface area contributed by atoms with Crippen LogP contribution >= 0.6 is 0 Å². The molecule has 0 radical (unpaired) electrons. The Hall–Kier alpha value is -1.06. The molecule has 1 atom stereocenters. The minimum absolute atomic E-state index is 0.403. The molecule has 1 aromatic carbocycles. The molecular weight excluding hydrogens is 236 g/mol. The topological polar surface area (TPSA) is 24.5 Å². The van der Waals surface area contributed by atoms with Gasteiger partial charge in [-0.2, -0.15) is 0 Å². The van der Waals surface area contributed by atoms with E-state index in [9.17, 15) is 0 Å². The van der Waals surface area contributed by atoms with Crippen molar-refractivity contribution in [3.05, 3.63) is 29.8 Å². The number of ether oxygens (including phenoxy) is 1. The zero-order valence-corrected chi connectivity index (χ0v) is 12.9. The Labute approximate surface area is 118 Å². The minimum atomic E-state index is 0.403. The summed E-state index contributed by atoms with van der Waals surface area (Å²) in [6.07, 6.45) is 1.09. The van der Waals surface area contributed by atoms with Crippen LogP contribution in [0.25, 0.3) is 0 Å². The number of methoxy groups -OCH3 is 1. The van der Waals surface area contributed by atoms with Crippen LogP contribution < -0.4 is 10.2 Å². The summed E-state index contributed by atoms with van der Waals surface area (Å²) in [6.45, 7) is 8.35. The van der Waals surface area contributed by atoms with Gasteiger partial charge in [0.2, 0.25) is 0 Å². The maximum absolute atomic E-state index is 5.24. The van der Waals surface area contributed by atoms with Crippen LogP contribution in [0.5, 0.6) is 0 Å². The maximum atomic E-state index is 5.24. The van der Waals surface area contributed by atoms with Crippen molar-refractivity contribution in [1.82, 2.24) is 5.32 Å². The Morgan fingerprint density at radius 2 is 1.95 bits per heavy atom. The predicted molar refractivity (Wildman–Crippen MR) is 82.9 cm³/mol. The van der Waals surface area contributed by atoms with Gasteiger partial charge in [-0.05, 0) is 38.9 Å². The number of anilines is 1. The van der Waals surface area contributed by atoms with Gasteiger partial charge >= 0.3 is 0 Å². The lowest BCUT2D eigenvalue weighted by Crippen LogP contribution is -2.35. The molecule has 108 valence electrons. The molecule has 0 bridgehead atoms. The van der Waals surface area contributed by atoms with Gasteiger partial charge in [-0.3, -0.25) is 0 Å². The molecule has 1 rings (SSSR count). The van der Waals surface area contributed by atoms with Crippen LogP contribution in [0.1, 0.15) is 38.8 Å². The lowest BCUT2D eigenvalue weighted by atomic mass is 10.0. The molecule has 0 aliphatic rings. The molecule has 0 spiro atoms. The highest BCUT2D eigenvalue weighted by Gasteiger charge is 2.17. The van der Waals surface area contributed by atoms with E-state index in [4.69, 9.17) is 4.74 Å². The highest BCUT2D eigenvalue weighted by atomic mass is 16.5. The van der Waals surface area contributed by atoms with Gasteiger partial charge in [0.05, 0.1) is 6.61 Å². The molecule has 0 aliphatic heterocycles. The van der Waals surface area contributed by atoms with E-state index in [1.165, 1.54) is 11.3 Å². The largest absolute Gasteiger partial charge is 0.383 e. The monoisotopic (exact) mass is 264 g/mol. The lowest BCUT2D eigenvalue weighted by molar-refractivity contribution is 0.203. The van der Waals surface area contributed by atoms with E-state index in [1.54, 1.807) is 7.11 Å². The van der Waals surface area contributed by atoms with Gasteiger partial charge < -0.3 is 15.0 Å². The zero-order chi connectivity index (χ0) is 14.3. The number of nitrogens with zero attached hydrogens (tertiary/aromatic N) is 1. The third-order valence-corrected chi connectivity index (χ3v) is 3.54. The second kappa shape index (κ2) is 8.18. The highest BCUT2D eigenvalue weighted by Crippen LogP contribution is 2.29. The molecule has 3 heteroatoms. The number of para-hydroxylation sites is 1. The second-order valence-electron chi connectivity index (χ2n) is 5.09. The molecule has 1 aromatic rings. The Balaban J connectivity index is 3.07. The first-order valence-electron chi connectivity index (χ1n) is 7.17. The summed E-state index contributed by atoms with van der Waals surface area (Å²) in [4.78, 5) is 2.42. The molecule has 0 aliphatic carbocycles. The van der Waals surface area contributed by atoms with Crippen molar-refractivity contribution in [1.29, 1.82) is 0 Å². The number of rotatable bonds is 8. The smallest absolute Gasteiger partial charge is 0.0637 e. The predicted octanol–water partition coefficient (Wildman–Crippen LogP) is 3.22.